The Balaban J connectivity index is 1.53. The van der Waals surface area contributed by atoms with Crippen molar-refractivity contribution in [3.05, 3.63) is 142 Å². The molecule has 244 valence electrons. The number of aromatic amines is 1. The first-order valence-corrected chi connectivity index (χ1v) is 17.3. The van der Waals surface area contributed by atoms with Gasteiger partial charge in [0, 0.05) is 33.8 Å². The minimum absolute atomic E-state index is 0.000321. The highest BCUT2D eigenvalue weighted by Gasteiger charge is 2.34. The average Bonchev–Trinajstić information content (AvgIpc) is 3.07. The van der Waals surface area contributed by atoms with Crippen LogP contribution in [0.4, 0.5) is 11.4 Å². The van der Waals surface area contributed by atoms with Crippen molar-refractivity contribution in [1.82, 2.24) is 4.98 Å². The van der Waals surface area contributed by atoms with E-state index in [1.807, 2.05) is 0 Å². The first-order chi connectivity index (χ1) is 23.3. The number of rotatable bonds is 8. The normalized spacial score (nSPS) is 12.4. The van der Waals surface area contributed by atoms with Crippen molar-refractivity contribution in [1.29, 1.82) is 0 Å². The maximum absolute atomic E-state index is 14.3. The van der Waals surface area contributed by atoms with Crippen LogP contribution < -0.4 is 15.6 Å². The fourth-order valence-electron chi connectivity index (χ4n) is 5.79. The Morgan fingerprint density at radius 2 is 1.27 bits per heavy atom. The van der Waals surface area contributed by atoms with Crippen LogP contribution in [0, 0.1) is 0 Å². The highest BCUT2D eigenvalue weighted by molar-refractivity contribution is 7.86. The molecule has 49 heavy (non-hydrogen) atoms. The molecule has 14 heteroatoms. The molecule has 0 atom stereocenters. The largest absolute Gasteiger partial charge is 0.455 e. The molecule has 0 aliphatic heterocycles. The number of hydrogen-bond donors (Lipinski definition) is 4. The highest BCUT2D eigenvalue weighted by atomic mass is 32.2. The van der Waals surface area contributed by atoms with Gasteiger partial charge in [0.05, 0.1) is 32.1 Å². The molecule has 5 aromatic carbocycles. The van der Waals surface area contributed by atoms with E-state index in [9.17, 15) is 40.3 Å². The molecule has 1 aliphatic carbocycles. The van der Waals surface area contributed by atoms with Gasteiger partial charge in [0.2, 0.25) is 0 Å². The molecule has 4 N–H and O–H groups in total. The first kappa shape index (κ1) is 31.7. The van der Waals surface area contributed by atoms with Gasteiger partial charge in [0.25, 0.3) is 25.8 Å². The van der Waals surface area contributed by atoms with Gasteiger partial charge < -0.3 is 15.0 Å². The van der Waals surface area contributed by atoms with E-state index in [2.05, 4.69) is 10.3 Å². The van der Waals surface area contributed by atoms with E-state index in [4.69, 9.17) is 4.74 Å². The molecule has 1 aromatic heterocycles. The molecular weight excluding hydrogens is 673 g/mol. The van der Waals surface area contributed by atoms with E-state index < -0.39 is 37.4 Å². The Morgan fingerprint density at radius 1 is 0.694 bits per heavy atom. The first-order valence-electron chi connectivity index (χ1n) is 14.4. The molecular formula is C35H22N2O10S2. The summed E-state index contributed by atoms with van der Waals surface area (Å²) in [5.74, 6) is -0.934. The van der Waals surface area contributed by atoms with Crippen LogP contribution in [0.15, 0.2) is 124 Å². The van der Waals surface area contributed by atoms with Crippen LogP contribution in [0.1, 0.15) is 31.8 Å². The number of benzene rings is 5. The monoisotopic (exact) mass is 694 g/mol. The number of H-pyrrole nitrogens is 1. The Kier molecular flexibility index (Phi) is 7.52. The van der Waals surface area contributed by atoms with Crippen molar-refractivity contribution in [2.75, 3.05) is 5.32 Å². The van der Waals surface area contributed by atoms with Gasteiger partial charge in [-0.05, 0) is 54.1 Å². The van der Waals surface area contributed by atoms with Crippen LogP contribution >= 0.6 is 0 Å². The third-order valence-electron chi connectivity index (χ3n) is 7.97. The standard InChI is InChI=1S/C35H22N2O10S2/c38-33(19-6-2-1-3-7-19)31-28-24-8-4-5-9-25(24)34(39)29-26(36-20-10-14-22(15-11-20)48(41,42)43)18-27(32(30(28)29)37-35(31)40)47-21-12-16-23(17-13-21)49(44,45)46/h1-18,36H,(H,37,40)(H,41,42,43)(H,44,45,46). The quantitative estimate of drug-likeness (QED) is 0.108. The molecule has 0 spiro atoms. The zero-order valence-electron chi connectivity index (χ0n) is 24.9. The number of aromatic nitrogens is 1. The number of nitrogens with one attached hydrogen (secondary N) is 2. The summed E-state index contributed by atoms with van der Waals surface area (Å²) in [5, 5.41) is 3.29. The summed E-state index contributed by atoms with van der Waals surface area (Å²) in [6, 6.07) is 26.0. The van der Waals surface area contributed by atoms with Crippen LogP contribution in [0.5, 0.6) is 11.5 Å². The molecule has 0 fully saturated rings. The van der Waals surface area contributed by atoms with Gasteiger partial charge in [0.1, 0.15) is 5.75 Å². The van der Waals surface area contributed by atoms with E-state index in [1.165, 1.54) is 30.3 Å². The Hall–Kier alpha value is -5.93. The number of pyridine rings is 1. The number of carbonyl (C=O) groups excluding carboxylic acids is 2. The van der Waals surface area contributed by atoms with E-state index in [1.54, 1.807) is 54.6 Å². The lowest BCUT2D eigenvalue weighted by Gasteiger charge is -2.25. The minimum atomic E-state index is -4.50. The Morgan fingerprint density at radius 3 is 1.88 bits per heavy atom. The van der Waals surface area contributed by atoms with Crippen molar-refractivity contribution in [2.45, 2.75) is 9.79 Å². The maximum atomic E-state index is 14.3. The van der Waals surface area contributed by atoms with Gasteiger partial charge in [-0.25, -0.2) is 0 Å². The van der Waals surface area contributed by atoms with Crippen molar-refractivity contribution >= 4 is 54.1 Å². The fraction of sp³-hybridized carbons (Fsp3) is 0. The van der Waals surface area contributed by atoms with Gasteiger partial charge in [-0.1, -0.05) is 54.6 Å². The molecule has 1 aliphatic rings. The number of ether oxygens (including phenoxy) is 1. The van der Waals surface area contributed by atoms with Crippen molar-refractivity contribution in [2.24, 2.45) is 0 Å². The average molecular weight is 695 g/mol. The maximum Gasteiger partial charge on any atom is 0.294 e. The summed E-state index contributed by atoms with van der Waals surface area (Å²) in [4.78, 5) is 44.2. The number of fused-ring (bicyclic) bond motifs is 2. The zero-order valence-corrected chi connectivity index (χ0v) is 26.5. The van der Waals surface area contributed by atoms with Gasteiger partial charge in [-0.3, -0.25) is 23.5 Å². The van der Waals surface area contributed by atoms with Gasteiger partial charge >= 0.3 is 0 Å². The zero-order chi connectivity index (χ0) is 34.7. The summed E-state index contributed by atoms with van der Waals surface area (Å²) in [6.07, 6.45) is 0. The van der Waals surface area contributed by atoms with E-state index in [-0.39, 0.29) is 65.7 Å². The van der Waals surface area contributed by atoms with E-state index >= 15 is 0 Å². The van der Waals surface area contributed by atoms with Crippen molar-refractivity contribution in [3.63, 3.8) is 0 Å². The van der Waals surface area contributed by atoms with Crippen LogP contribution in [0.3, 0.4) is 0 Å². The molecule has 0 bridgehead atoms. The predicted molar refractivity (Wildman–Crippen MR) is 179 cm³/mol. The Labute approximate surface area is 278 Å². The molecule has 0 saturated carbocycles. The summed E-state index contributed by atoms with van der Waals surface area (Å²) in [7, 11) is -8.99. The SMILES string of the molecule is O=C(c1ccccc1)c1c2c3c(c(Nc4ccc(S(=O)(=O)O)cc4)cc(Oc4ccc(S(=O)(=O)O)cc4)c3[nH]c1=O)C(=O)c1ccccc1-2. The lowest BCUT2D eigenvalue weighted by molar-refractivity contribution is 0.102. The number of anilines is 2. The smallest absolute Gasteiger partial charge is 0.294 e. The van der Waals surface area contributed by atoms with Crippen LogP contribution in [0.25, 0.3) is 22.0 Å². The second-order valence-electron chi connectivity index (χ2n) is 11.0. The van der Waals surface area contributed by atoms with Crippen molar-refractivity contribution < 1.29 is 40.3 Å². The second kappa shape index (κ2) is 11.6. The van der Waals surface area contributed by atoms with E-state index in [0.29, 0.717) is 11.3 Å². The molecule has 0 amide bonds. The topological polar surface area (TPSA) is 197 Å². The fourth-order valence-corrected chi connectivity index (χ4v) is 6.75. The summed E-state index contributed by atoms with van der Waals surface area (Å²) in [6.45, 7) is 0. The predicted octanol–water partition coefficient (Wildman–Crippen LogP) is 6.00. The lowest BCUT2D eigenvalue weighted by Crippen LogP contribution is -2.24. The minimum Gasteiger partial charge on any atom is -0.455 e. The summed E-state index contributed by atoms with van der Waals surface area (Å²) >= 11 is 0. The molecule has 12 nitrogen and oxygen atoms in total. The Bertz CT molecular complexity index is 2640. The number of carbonyl (C=O) groups is 2. The van der Waals surface area contributed by atoms with Crippen LogP contribution in [-0.4, -0.2) is 42.5 Å². The third kappa shape index (κ3) is 5.68. The lowest BCUT2D eigenvalue weighted by atomic mass is 9.80. The van der Waals surface area contributed by atoms with E-state index in [0.717, 1.165) is 24.3 Å². The van der Waals surface area contributed by atoms with Gasteiger partial charge in [0.15, 0.2) is 17.3 Å². The second-order valence-corrected chi connectivity index (χ2v) is 13.8. The van der Waals surface area contributed by atoms with Crippen LogP contribution in [-0.2, 0) is 20.2 Å². The van der Waals surface area contributed by atoms with Crippen molar-refractivity contribution in [3.8, 4) is 22.6 Å². The van der Waals surface area contributed by atoms with Gasteiger partial charge in [-0.2, -0.15) is 16.8 Å². The molecule has 1 heterocycles. The van der Waals surface area contributed by atoms with Gasteiger partial charge in [-0.15, -0.1) is 0 Å². The molecule has 6 aromatic rings. The highest BCUT2D eigenvalue weighted by Crippen LogP contribution is 2.47. The molecule has 0 radical (unpaired) electrons. The number of ketones is 2. The number of hydrogen-bond acceptors (Lipinski definition) is 9. The molecule has 0 saturated heterocycles. The van der Waals surface area contributed by atoms with Crippen LogP contribution in [0.2, 0.25) is 0 Å². The summed E-state index contributed by atoms with van der Waals surface area (Å²) < 4.78 is 71.5. The third-order valence-corrected chi connectivity index (χ3v) is 9.70. The molecule has 7 rings (SSSR count). The molecule has 0 unspecified atom stereocenters. The summed E-state index contributed by atoms with van der Waals surface area (Å²) in [5.41, 5.74) is 0.642.